The number of allylic oxidation sites excluding steroid dienone is 1. The number of carbonyl (C=O) groups is 2. The first-order chi connectivity index (χ1) is 21.3. The molecule has 10 heteroatoms. The Morgan fingerprint density at radius 3 is 2.41 bits per heavy atom. The summed E-state index contributed by atoms with van der Waals surface area (Å²) in [4.78, 5) is 51.3. The zero-order valence-electron chi connectivity index (χ0n) is 24.8. The number of ether oxygens (including phenoxy) is 1. The van der Waals surface area contributed by atoms with E-state index in [9.17, 15) is 14.4 Å². The third-order valence-electron chi connectivity index (χ3n) is 8.15. The third-order valence-corrected chi connectivity index (χ3v) is 9.57. The van der Waals surface area contributed by atoms with E-state index in [0.717, 1.165) is 16.9 Å². The van der Waals surface area contributed by atoms with E-state index in [4.69, 9.17) is 21.3 Å². The van der Waals surface area contributed by atoms with Gasteiger partial charge in [0.15, 0.2) is 4.80 Å². The number of anilines is 1. The van der Waals surface area contributed by atoms with Crippen molar-refractivity contribution >= 4 is 46.0 Å². The first kappa shape index (κ1) is 29.6. The van der Waals surface area contributed by atoms with E-state index in [0.29, 0.717) is 62.3 Å². The summed E-state index contributed by atoms with van der Waals surface area (Å²) in [5.41, 5.74) is 3.68. The Balaban J connectivity index is 1.60. The Hall–Kier alpha value is -4.47. The van der Waals surface area contributed by atoms with Gasteiger partial charge < -0.3 is 14.5 Å². The zero-order valence-corrected chi connectivity index (χ0v) is 26.4. The minimum atomic E-state index is -0.796. The Kier molecular flexibility index (Phi) is 8.00. The standard InChI is InChI=1S/C34H31ClN4O4S/c1-5-37(6-2)31(40)27-20(3)36-34-39(29(27)23-15-9-12-18-26(23)43-4)33(42)30(44-34)28-22-14-8-11-17-25(22)38(32(28)41)19-21-13-7-10-16-24(21)35/h7-18,29H,5-6,19H2,1-4H3/b30-28-/t29-/m0/s1. The molecule has 0 aliphatic carbocycles. The molecule has 0 spiro atoms. The summed E-state index contributed by atoms with van der Waals surface area (Å²) in [7, 11) is 1.56. The molecule has 2 amide bonds. The minimum Gasteiger partial charge on any atom is -0.496 e. The first-order valence-corrected chi connectivity index (χ1v) is 15.6. The normalized spacial score (nSPS) is 16.9. The molecule has 44 heavy (non-hydrogen) atoms. The molecule has 6 rings (SSSR count). The van der Waals surface area contributed by atoms with Crippen LogP contribution in [0.4, 0.5) is 5.69 Å². The highest BCUT2D eigenvalue weighted by Gasteiger charge is 2.38. The van der Waals surface area contributed by atoms with Crippen LogP contribution in [0, 0.1) is 0 Å². The van der Waals surface area contributed by atoms with E-state index in [1.165, 1.54) is 0 Å². The van der Waals surface area contributed by atoms with Crippen molar-refractivity contribution in [3.8, 4) is 5.75 Å². The molecule has 2 aliphatic rings. The monoisotopic (exact) mass is 626 g/mol. The number of methoxy groups -OCH3 is 1. The van der Waals surface area contributed by atoms with Gasteiger partial charge in [-0.15, -0.1) is 0 Å². The van der Waals surface area contributed by atoms with Gasteiger partial charge in [0.05, 0.1) is 36.2 Å². The van der Waals surface area contributed by atoms with Crippen LogP contribution in [-0.4, -0.2) is 41.5 Å². The second-order valence-corrected chi connectivity index (χ2v) is 11.9. The Bertz CT molecular complexity index is 2020. The van der Waals surface area contributed by atoms with Crippen molar-refractivity contribution in [1.82, 2.24) is 9.47 Å². The highest BCUT2D eigenvalue weighted by atomic mass is 35.5. The molecule has 3 heterocycles. The van der Waals surface area contributed by atoms with E-state index in [1.54, 1.807) is 34.5 Å². The summed E-state index contributed by atoms with van der Waals surface area (Å²) in [5, 5.41) is 0.559. The molecule has 0 bridgehead atoms. The molecule has 0 saturated heterocycles. The summed E-state index contributed by atoms with van der Waals surface area (Å²) in [5.74, 6) is 0.0576. The minimum absolute atomic E-state index is 0.196. The van der Waals surface area contributed by atoms with Gasteiger partial charge in [-0.25, -0.2) is 4.99 Å². The number of para-hydroxylation sites is 2. The van der Waals surface area contributed by atoms with Crippen LogP contribution >= 0.6 is 22.9 Å². The number of aromatic nitrogens is 1. The largest absolute Gasteiger partial charge is 0.496 e. The molecule has 8 nitrogen and oxygen atoms in total. The molecule has 0 unspecified atom stereocenters. The predicted octanol–water partition coefficient (Wildman–Crippen LogP) is 4.68. The average Bonchev–Trinajstić information content (AvgIpc) is 3.49. The maximum atomic E-state index is 14.6. The SMILES string of the molecule is CCN(CC)C(=O)C1=C(C)N=c2s/c(=C3\C(=O)N(Cc4ccccc4Cl)c4ccccc43)c(=O)n2[C@H]1c1ccccc1OC. The molecule has 1 aromatic heterocycles. The quantitative estimate of drug-likeness (QED) is 0.298. The smallest absolute Gasteiger partial charge is 0.271 e. The van der Waals surface area contributed by atoms with Crippen molar-refractivity contribution in [3.05, 3.63) is 125 Å². The molecule has 0 radical (unpaired) electrons. The molecule has 0 fully saturated rings. The van der Waals surface area contributed by atoms with E-state index in [2.05, 4.69) is 0 Å². The number of fused-ring (bicyclic) bond motifs is 2. The molecular weight excluding hydrogens is 596 g/mol. The molecule has 224 valence electrons. The van der Waals surface area contributed by atoms with Gasteiger partial charge >= 0.3 is 0 Å². The molecule has 0 N–H and O–H groups in total. The lowest BCUT2D eigenvalue weighted by Crippen LogP contribution is -2.43. The molecular formula is C34H31ClN4O4S. The van der Waals surface area contributed by atoms with E-state index >= 15 is 0 Å². The zero-order chi connectivity index (χ0) is 31.1. The maximum Gasteiger partial charge on any atom is 0.271 e. The van der Waals surface area contributed by atoms with Crippen LogP contribution in [0.15, 0.2) is 93.9 Å². The van der Waals surface area contributed by atoms with Crippen LogP contribution in [-0.2, 0) is 16.1 Å². The van der Waals surface area contributed by atoms with Crippen LogP contribution in [0.3, 0.4) is 0 Å². The van der Waals surface area contributed by atoms with Gasteiger partial charge in [0.25, 0.3) is 17.4 Å². The number of thiazole rings is 1. The molecule has 3 aromatic carbocycles. The fourth-order valence-electron chi connectivity index (χ4n) is 5.97. The van der Waals surface area contributed by atoms with E-state index < -0.39 is 6.04 Å². The third kappa shape index (κ3) is 4.76. The number of nitrogens with zero attached hydrogens (tertiary/aromatic N) is 4. The van der Waals surface area contributed by atoms with Crippen molar-refractivity contribution in [2.24, 2.45) is 4.99 Å². The Morgan fingerprint density at radius 2 is 1.68 bits per heavy atom. The van der Waals surface area contributed by atoms with Crippen LogP contribution in [0.1, 0.15) is 43.5 Å². The Labute approximate surface area is 263 Å². The second-order valence-electron chi connectivity index (χ2n) is 10.5. The summed E-state index contributed by atoms with van der Waals surface area (Å²) < 4.78 is 7.53. The fourth-order valence-corrected chi connectivity index (χ4v) is 7.30. The molecule has 2 aliphatic heterocycles. The lowest BCUT2D eigenvalue weighted by atomic mass is 9.94. The predicted molar refractivity (Wildman–Crippen MR) is 173 cm³/mol. The number of carbonyl (C=O) groups excluding carboxylic acids is 2. The molecule has 4 aromatic rings. The van der Waals surface area contributed by atoms with Crippen molar-refractivity contribution in [2.45, 2.75) is 33.4 Å². The summed E-state index contributed by atoms with van der Waals surface area (Å²) in [6.45, 7) is 6.90. The van der Waals surface area contributed by atoms with Gasteiger partial charge in [-0.05, 0) is 44.5 Å². The van der Waals surface area contributed by atoms with E-state index in [1.807, 2.05) is 80.6 Å². The highest BCUT2D eigenvalue weighted by Crippen LogP contribution is 2.38. The van der Waals surface area contributed by atoms with Crippen molar-refractivity contribution in [2.75, 3.05) is 25.1 Å². The van der Waals surface area contributed by atoms with Crippen molar-refractivity contribution < 1.29 is 14.3 Å². The number of likely N-dealkylation sites (N-methyl/N-ethyl adjacent to an activating group) is 1. The van der Waals surface area contributed by atoms with Gasteiger partial charge in [-0.2, -0.15) is 0 Å². The van der Waals surface area contributed by atoms with Gasteiger partial charge in [0.2, 0.25) is 0 Å². The summed E-state index contributed by atoms with van der Waals surface area (Å²) >= 11 is 7.63. The summed E-state index contributed by atoms with van der Waals surface area (Å²) in [6.07, 6.45) is 0. The van der Waals surface area contributed by atoms with Crippen molar-refractivity contribution in [1.29, 1.82) is 0 Å². The lowest BCUT2D eigenvalue weighted by molar-refractivity contribution is -0.127. The van der Waals surface area contributed by atoms with E-state index in [-0.39, 0.29) is 28.5 Å². The van der Waals surface area contributed by atoms with Gasteiger partial charge in [0.1, 0.15) is 16.3 Å². The number of benzene rings is 3. The maximum absolute atomic E-state index is 14.6. The van der Waals surface area contributed by atoms with Crippen LogP contribution < -0.4 is 24.5 Å². The van der Waals surface area contributed by atoms with Crippen LogP contribution in [0.2, 0.25) is 5.02 Å². The second kappa shape index (κ2) is 11.9. The van der Waals surface area contributed by atoms with Crippen LogP contribution in [0.25, 0.3) is 5.57 Å². The van der Waals surface area contributed by atoms with Gasteiger partial charge in [0, 0.05) is 29.2 Å². The number of hydrogen-bond donors (Lipinski definition) is 0. The number of halogens is 1. The average molecular weight is 627 g/mol. The molecule has 1 atom stereocenters. The van der Waals surface area contributed by atoms with Crippen LogP contribution in [0.5, 0.6) is 5.75 Å². The summed E-state index contributed by atoms with van der Waals surface area (Å²) in [6, 6.07) is 21.4. The highest BCUT2D eigenvalue weighted by molar-refractivity contribution is 7.07. The lowest BCUT2D eigenvalue weighted by Gasteiger charge is -2.29. The molecule has 0 saturated carbocycles. The van der Waals surface area contributed by atoms with Gasteiger partial charge in [-0.1, -0.05) is 77.5 Å². The topological polar surface area (TPSA) is 84.2 Å². The number of hydrogen-bond acceptors (Lipinski definition) is 6. The fraction of sp³-hybridized carbons (Fsp3) is 0.235. The van der Waals surface area contributed by atoms with Gasteiger partial charge in [-0.3, -0.25) is 19.0 Å². The number of amides is 2. The number of rotatable bonds is 7. The Morgan fingerprint density at radius 1 is 1.00 bits per heavy atom. The first-order valence-electron chi connectivity index (χ1n) is 14.4. The van der Waals surface area contributed by atoms with Crippen molar-refractivity contribution in [3.63, 3.8) is 0 Å².